The summed E-state index contributed by atoms with van der Waals surface area (Å²) in [6, 6.07) is 25.4. The summed E-state index contributed by atoms with van der Waals surface area (Å²) in [6.07, 6.45) is 8.45. The van der Waals surface area contributed by atoms with E-state index in [9.17, 15) is 18.4 Å². The second-order valence-electron chi connectivity index (χ2n) is 10.2. The predicted molar refractivity (Wildman–Crippen MR) is 160 cm³/mol. The number of benzene rings is 4. The van der Waals surface area contributed by atoms with Crippen LogP contribution in [0, 0.1) is 11.6 Å². The molecule has 0 unspecified atom stereocenters. The molecule has 0 aliphatic carbocycles. The molecule has 0 heterocycles. The van der Waals surface area contributed by atoms with Gasteiger partial charge in [0.05, 0.1) is 24.3 Å². The SMILES string of the molecule is O=C(c1ccc(F)cc1)c1ccccc1OCCCCCCCCCCOc1ccccc1C(=O)c1ccc(F)cc1. The number of ether oxygens (including phenoxy) is 2. The molecule has 0 radical (unpaired) electrons. The van der Waals surface area contributed by atoms with E-state index in [1.165, 1.54) is 48.5 Å². The summed E-state index contributed by atoms with van der Waals surface area (Å²) < 4.78 is 38.3. The second-order valence-corrected chi connectivity index (χ2v) is 10.2. The molecule has 218 valence electrons. The van der Waals surface area contributed by atoms with Crippen molar-refractivity contribution in [2.45, 2.75) is 51.4 Å². The Morgan fingerprint density at radius 3 is 1.17 bits per heavy atom. The molecule has 0 spiro atoms. The van der Waals surface area contributed by atoms with E-state index in [0.717, 1.165) is 51.4 Å². The molecule has 0 saturated carbocycles. The molecule has 0 N–H and O–H groups in total. The summed E-state index contributed by atoms with van der Waals surface area (Å²) in [7, 11) is 0. The van der Waals surface area contributed by atoms with Crippen LogP contribution < -0.4 is 9.47 Å². The number of hydrogen-bond acceptors (Lipinski definition) is 4. The molecular weight excluding hydrogens is 534 g/mol. The Morgan fingerprint density at radius 1 is 0.452 bits per heavy atom. The van der Waals surface area contributed by atoms with Gasteiger partial charge in [-0.1, -0.05) is 62.8 Å². The Bertz CT molecular complexity index is 1320. The summed E-state index contributed by atoms with van der Waals surface area (Å²) >= 11 is 0. The third-order valence-electron chi connectivity index (χ3n) is 7.03. The van der Waals surface area contributed by atoms with E-state index in [4.69, 9.17) is 9.47 Å². The maximum Gasteiger partial charge on any atom is 0.196 e. The summed E-state index contributed by atoms with van der Waals surface area (Å²) in [4.78, 5) is 25.6. The first-order valence-corrected chi connectivity index (χ1v) is 14.6. The van der Waals surface area contributed by atoms with Gasteiger partial charge in [0.2, 0.25) is 0 Å². The highest BCUT2D eigenvalue weighted by Gasteiger charge is 2.15. The van der Waals surface area contributed by atoms with Gasteiger partial charge in [-0.15, -0.1) is 0 Å². The maximum absolute atomic E-state index is 13.2. The first-order valence-electron chi connectivity index (χ1n) is 14.6. The van der Waals surface area contributed by atoms with Gasteiger partial charge >= 0.3 is 0 Å². The fourth-order valence-electron chi connectivity index (χ4n) is 4.70. The van der Waals surface area contributed by atoms with Crippen molar-refractivity contribution in [2.75, 3.05) is 13.2 Å². The molecule has 0 fully saturated rings. The Balaban J connectivity index is 1.07. The maximum atomic E-state index is 13.2. The van der Waals surface area contributed by atoms with Gasteiger partial charge in [-0.3, -0.25) is 9.59 Å². The van der Waals surface area contributed by atoms with Crippen LogP contribution in [0.5, 0.6) is 11.5 Å². The number of halogens is 2. The van der Waals surface area contributed by atoms with Crippen molar-refractivity contribution >= 4 is 11.6 Å². The van der Waals surface area contributed by atoms with Crippen molar-refractivity contribution in [2.24, 2.45) is 0 Å². The zero-order chi connectivity index (χ0) is 29.6. The standard InChI is InChI=1S/C36H36F2O4/c37-29-21-17-27(18-22-29)35(39)31-13-7-9-15-33(31)41-25-11-5-3-1-2-4-6-12-26-42-34-16-10-8-14-32(34)36(40)28-19-23-30(38)24-20-28/h7-10,13-24H,1-6,11-12,25-26H2. The molecule has 0 atom stereocenters. The third kappa shape index (κ3) is 9.10. The van der Waals surface area contributed by atoms with Gasteiger partial charge in [0.1, 0.15) is 23.1 Å². The number of rotatable bonds is 17. The predicted octanol–water partition coefficient (Wildman–Crippen LogP) is 9.01. The first kappa shape index (κ1) is 30.6. The van der Waals surface area contributed by atoms with Crippen molar-refractivity contribution in [1.29, 1.82) is 0 Å². The van der Waals surface area contributed by atoms with E-state index >= 15 is 0 Å². The van der Waals surface area contributed by atoms with Crippen LogP contribution in [-0.4, -0.2) is 24.8 Å². The molecule has 0 aliphatic heterocycles. The van der Waals surface area contributed by atoms with Crippen molar-refractivity contribution in [1.82, 2.24) is 0 Å². The zero-order valence-corrected chi connectivity index (χ0v) is 23.7. The van der Waals surface area contributed by atoms with Gasteiger partial charge in [-0.05, 0) is 85.6 Å². The van der Waals surface area contributed by atoms with Crippen LogP contribution in [0.25, 0.3) is 0 Å². The smallest absolute Gasteiger partial charge is 0.196 e. The highest BCUT2D eigenvalue weighted by atomic mass is 19.1. The summed E-state index contributed by atoms with van der Waals surface area (Å²) in [5.41, 5.74) is 1.83. The average molecular weight is 571 g/mol. The molecule has 4 aromatic rings. The number of ketones is 2. The monoisotopic (exact) mass is 570 g/mol. The molecule has 4 rings (SSSR count). The number of carbonyl (C=O) groups is 2. The molecule has 42 heavy (non-hydrogen) atoms. The Hall–Kier alpha value is -4.32. The van der Waals surface area contributed by atoms with Gasteiger partial charge in [-0.2, -0.15) is 0 Å². The Morgan fingerprint density at radius 2 is 0.786 bits per heavy atom. The first-order chi connectivity index (χ1) is 20.5. The Kier molecular flexibility index (Phi) is 11.8. The summed E-state index contributed by atoms with van der Waals surface area (Å²) in [6.45, 7) is 1.08. The van der Waals surface area contributed by atoms with Gasteiger partial charge in [0.25, 0.3) is 0 Å². The largest absolute Gasteiger partial charge is 0.493 e. The quantitative estimate of drug-likeness (QED) is 0.0939. The molecule has 0 bridgehead atoms. The van der Waals surface area contributed by atoms with E-state index in [0.29, 0.717) is 47.0 Å². The second kappa shape index (κ2) is 16.2. The van der Waals surface area contributed by atoms with E-state index in [-0.39, 0.29) is 23.2 Å². The molecule has 0 saturated heterocycles. The molecule has 0 aliphatic rings. The fraction of sp³-hybridized carbons (Fsp3) is 0.278. The van der Waals surface area contributed by atoms with Gasteiger partial charge in [0.15, 0.2) is 11.6 Å². The third-order valence-corrected chi connectivity index (χ3v) is 7.03. The fourth-order valence-corrected chi connectivity index (χ4v) is 4.70. The molecule has 0 aromatic heterocycles. The highest BCUT2D eigenvalue weighted by molar-refractivity contribution is 6.11. The minimum absolute atomic E-state index is 0.182. The number of carbonyl (C=O) groups excluding carboxylic acids is 2. The van der Waals surface area contributed by atoms with Crippen LogP contribution in [0.1, 0.15) is 83.2 Å². The lowest BCUT2D eigenvalue weighted by molar-refractivity contribution is 0.102. The zero-order valence-electron chi connectivity index (χ0n) is 23.7. The molecule has 4 aromatic carbocycles. The van der Waals surface area contributed by atoms with Crippen LogP contribution in [0.15, 0.2) is 97.1 Å². The van der Waals surface area contributed by atoms with Crippen LogP contribution >= 0.6 is 0 Å². The lowest BCUT2D eigenvalue weighted by atomic mass is 10.0. The molecule has 4 nitrogen and oxygen atoms in total. The minimum Gasteiger partial charge on any atom is -0.493 e. The molecule has 6 heteroatoms. The number of unbranched alkanes of at least 4 members (excludes halogenated alkanes) is 7. The minimum atomic E-state index is -0.374. The van der Waals surface area contributed by atoms with Crippen LogP contribution in [0.2, 0.25) is 0 Å². The van der Waals surface area contributed by atoms with Gasteiger partial charge in [-0.25, -0.2) is 8.78 Å². The average Bonchev–Trinajstić information content (AvgIpc) is 3.02. The summed E-state index contributed by atoms with van der Waals surface area (Å²) in [5, 5.41) is 0. The van der Waals surface area contributed by atoms with Crippen molar-refractivity contribution in [3.63, 3.8) is 0 Å². The van der Waals surface area contributed by atoms with Crippen LogP contribution in [-0.2, 0) is 0 Å². The molecular formula is C36H36F2O4. The molecule has 0 amide bonds. The van der Waals surface area contributed by atoms with Crippen molar-refractivity contribution < 1.29 is 27.8 Å². The van der Waals surface area contributed by atoms with E-state index in [1.54, 1.807) is 36.4 Å². The normalized spacial score (nSPS) is 10.8. The van der Waals surface area contributed by atoms with E-state index in [2.05, 4.69) is 0 Å². The lowest BCUT2D eigenvalue weighted by Gasteiger charge is -2.11. The van der Waals surface area contributed by atoms with Crippen molar-refractivity contribution in [3.8, 4) is 11.5 Å². The van der Waals surface area contributed by atoms with E-state index in [1.807, 2.05) is 12.1 Å². The Labute approximate surface area is 246 Å². The summed E-state index contributed by atoms with van der Waals surface area (Å²) in [5.74, 6) is -0.00650. The number of hydrogen-bond donors (Lipinski definition) is 0. The van der Waals surface area contributed by atoms with Crippen LogP contribution in [0.3, 0.4) is 0 Å². The number of para-hydroxylation sites is 2. The van der Waals surface area contributed by atoms with Gasteiger partial charge in [0, 0.05) is 11.1 Å². The van der Waals surface area contributed by atoms with Gasteiger partial charge < -0.3 is 9.47 Å². The topological polar surface area (TPSA) is 52.6 Å². The van der Waals surface area contributed by atoms with E-state index < -0.39 is 0 Å². The van der Waals surface area contributed by atoms with Crippen LogP contribution in [0.4, 0.5) is 8.78 Å². The highest BCUT2D eigenvalue weighted by Crippen LogP contribution is 2.24. The lowest BCUT2D eigenvalue weighted by Crippen LogP contribution is -2.06. The van der Waals surface area contributed by atoms with Crippen molar-refractivity contribution in [3.05, 3.63) is 131 Å².